The van der Waals surface area contributed by atoms with Crippen molar-refractivity contribution < 1.29 is 13.2 Å². The lowest BCUT2D eigenvalue weighted by molar-refractivity contribution is -0.126. The molecule has 1 aromatic heterocycles. The van der Waals surface area contributed by atoms with Crippen LogP contribution in [0.4, 0.5) is 0 Å². The number of hydrogen-bond acceptors (Lipinski definition) is 4. The van der Waals surface area contributed by atoms with Gasteiger partial charge in [-0.1, -0.05) is 18.2 Å². The molecule has 0 bridgehead atoms. The van der Waals surface area contributed by atoms with Crippen molar-refractivity contribution in [3.05, 3.63) is 35.2 Å². The molecule has 1 aromatic carbocycles. The minimum atomic E-state index is -3.46. The van der Waals surface area contributed by atoms with Crippen molar-refractivity contribution in [2.45, 2.75) is 32.4 Å². The van der Waals surface area contributed by atoms with E-state index in [4.69, 9.17) is 0 Å². The normalized spacial score (nSPS) is 14.0. The van der Waals surface area contributed by atoms with Crippen LogP contribution in [0, 0.1) is 0 Å². The Kier molecular flexibility index (Phi) is 4.60. The molecule has 120 valence electrons. The quantitative estimate of drug-likeness (QED) is 0.877. The summed E-state index contributed by atoms with van der Waals surface area (Å²) < 4.78 is 26.2. The van der Waals surface area contributed by atoms with Gasteiger partial charge in [0.25, 0.3) is 0 Å². The number of amides is 1. The number of rotatable bonds is 5. The largest absolute Gasteiger partial charge is 0.348 e. The highest BCUT2D eigenvalue weighted by molar-refractivity contribution is 7.88. The summed E-state index contributed by atoms with van der Waals surface area (Å²) in [7, 11) is -3.46. The highest BCUT2D eigenvalue weighted by Gasteiger charge is 2.31. The molecule has 0 aliphatic heterocycles. The van der Waals surface area contributed by atoms with Gasteiger partial charge in [0.2, 0.25) is 15.9 Å². The van der Waals surface area contributed by atoms with Crippen LogP contribution in [0.1, 0.15) is 32.4 Å². The smallest absolute Gasteiger partial charge is 0.241 e. The van der Waals surface area contributed by atoms with Crippen molar-refractivity contribution in [2.24, 2.45) is 0 Å². The second-order valence-corrected chi connectivity index (χ2v) is 8.54. The van der Waals surface area contributed by atoms with Gasteiger partial charge in [-0.15, -0.1) is 11.3 Å². The monoisotopic (exact) mass is 340 g/mol. The SMILES string of the molecule is C[C@@H](NC(=O)C(C)(C)NS(C)(=O)=O)c1csc2ccccc12. The number of fused-ring (bicyclic) bond motifs is 1. The van der Waals surface area contributed by atoms with Crippen molar-refractivity contribution in [1.82, 2.24) is 10.0 Å². The van der Waals surface area contributed by atoms with E-state index in [-0.39, 0.29) is 11.9 Å². The average Bonchev–Trinajstić information content (AvgIpc) is 2.79. The van der Waals surface area contributed by atoms with E-state index in [9.17, 15) is 13.2 Å². The zero-order valence-corrected chi connectivity index (χ0v) is 14.6. The first-order chi connectivity index (χ1) is 10.1. The van der Waals surface area contributed by atoms with Crippen molar-refractivity contribution in [3.63, 3.8) is 0 Å². The zero-order chi connectivity index (χ0) is 16.5. The number of carbonyl (C=O) groups is 1. The molecule has 0 spiro atoms. The summed E-state index contributed by atoms with van der Waals surface area (Å²) in [6.07, 6.45) is 1.04. The molecule has 2 rings (SSSR count). The van der Waals surface area contributed by atoms with E-state index in [1.54, 1.807) is 25.2 Å². The van der Waals surface area contributed by atoms with Crippen LogP contribution in [0.3, 0.4) is 0 Å². The van der Waals surface area contributed by atoms with E-state index in [0.29, 0.717) is 0 Å². The van der Waals surface area contributed by atoms with Gasteiger partial charge in [-0.3, -0.25) is 4.79 Å². The van der Waals surface area contributed by atoms with Crippen LogP contribution in [0.25, 0.3) is 10.1 Å². The van der Waals surface area contributed by atoms with Gasteiger partial charge in [-0.25, -0.2) is 13.1 Å². The molecule has 7 heteroatoms. The Hall–Kier alpha value is -1.44. The van der Waals surface area contributed by atoms with Crippen LogP contribution in [0.15, 0.2) is 29.6 Å². The maximum atomic E-state index is 12.3. The van der Waals surface area contributed by atoms with Crippen LogP contribution in [-0.4, -0.2) is 26.1 Å². The minimum absolute atomic E-state index is 0.204. The summed E-state index contributed by atoms with van der Waals surface area (Å²) >= 11 is 1.62. The second kappa shape index (κ2) is 5.98. The predicted octanol–water partition coefficient (Wildman–Crippen LogP) is 2.41. The topological polar surface area (TPSA) is 75.3 Å². The molecular weight excluding hydrogens is 320 g/mol. The molecule has 0 aliphatic carbocycles. The fraction of sp³-hybridized carbons (Fsp3) is 0.400. The molecule has 0 aliphatic rings. The van der Waals surface area contributed by atoms with E-state index >= 15 is 0 Å². The summed E-state index contributed by atoms with van der Waals surface area (Å²) in [6, 6.07) is 7.79. The van der Waals surface area contributed by atoms with Gasteiger partial charge in [0.05, 0.1) is 12.3 Å². The van der Waals surface area contributed by atoms with Crippen LogP contribution >= 0.6 is 11.3 Å². The third-order valence-corrected chi connectivity index (χ3v) is 5.20. The molecule has 0 radical (unpaired) electrons. The Morgan fingerprint density at radius 1 is 1.27 bits per heavy atom. The van der Waals surface area contributed by atoms with Crippen LogP contribution in [-0.2, 0) is 14.8 Å². The number of nitrogens with one attached hydrogen (secondary N) is 2. The summed E-state index contributed by atoms with van der Waals surface area (Å²) in [5.74, 6) is -0.360. The van der Waals surface area contributed by atoms with Crippen molar-refractivity contribution >= 4 is 37.4 Å². The predicted molar refractivity (Wildman–Crippen MR) is 90.4 cm³/mol. The lowest BCUT2D eigenvalue weighted by Crippen LogP contribution is -2.54. The first-order valence-electron chi connectivity index (χ1n) is 6.86. The Morgan fingerprint density at radius 3 is 2.55 bits per heavy atom. The van der Waals surface area contributed by atoms with Gasteiger partial charge >= 0.3 is 0 Å². The fourth-order valence-corrected chi connectivity index (χ4v) is 4.37. The van der Waals surface area contributed by atoms with Crippen molar-refractivity contribution in [1.29, 1.82) is 0 Å². The Labute approximate surface area is 134 Å². The Balaban J connectivity index is 2.18. The Bertz CT molecular complexity index is 794. The number of thiophene rings is 1. The second-order valence-electron chi connectivity index (χ2n) is 5.88. The van der Waals surface area contributed by atoms with Gasteiger partial charge in [0, 0.05) is 4.70 Å². The lowest BCUT2D eigenvalue weighted by atomic mass is 10.0. The Morgan fingerprint density at radius 2 is 1.91 bits per heavy atom. The third-order valence-electron chi connectivity index (χ3n) is 3.33. The highest BCUT2D eigenvalue weighted by atomic mass is 32.2. The van der Waals surface area contributed by atoms with Crippen LogP contribution < -0.4 is 10.0 Å². The molecule has 1 atom stereocenters. The van der Waals surface area contributed by atoms with Gasteiger partial charge < -0.3 is 5.32 Å². The molecule has 0 unspecified atom stereocenters. The summed E-state index contributed by atoms with van der Waals surface area (Å²) in [6.45, 7) is 4.98. The number of benzene rings is 1. The lowest BCUT2D eigenvalue weighted by Gasteiger charge is -2.26. The zero-order valence-electron chi connectivity index (χ0n) is 13.0. The third kappa shape index (κ3) is 3.85. The maximum Gasteiger partial charge on any atom is 0.241 e. The summed E-state index contributed by atoms with van der Waals surface area (Å²) in [5, 5.41) is 6.00. The first-order valence-corrected chi connectivity index (χ1v) is 9.63. The maximum absolute atomic E-state index is 12.3. The molecule has 1 amide bonds. The van der Waals surface area contributed by atoms with Crippen LogP contribution in [0.2, 0.25) is 0 Å². The van der Waals surface area contributed by atoms with Gasteiger partial charge in [0.15, 0.2) is 0 Å². The molecule has 0 saturated carbocycles. The van der Waals surface area contributed by atoms with Gasteiger partial charge in [-0.2, -0.15) is 0 Å². The molecule has 0 fully saturated rings. The molecule has 22 heavy (non-hydrogen) atoms. The highest BCUT2D eigenvalue weighted by Crippen LogP contribution is 2.30. The molecule has 2 aromatic rings. The molecular formula is C15H20N2O3S2. The minimum Gasteiger partial charge on any atom is -0.348 e. The molecule has 5 nitrogen and oxygen atoms in total. The summed E-state index contributed by atoms with van der Waals surface area (Å²) in [4.78, 5) is 12.3. The van der Waals surface area contributed by atoms with E-state index in [1.165, 1.54) is 0 Å². The average molecular weight is 340 g/mol. The standard InChI is InChI=1S/C15H20N2O3S2/c1-10(12-9-21-13-8-6-5-7-11(12)13)16-14(18)15(2,3)17-22(4,19)20/h5-10,17H,1-4H3,(H,16,18)/t10-/m1/s1. The van der Waals surface area contributed by atoms with Gasteiger partial charge in [-0.05, 0) is 43.2 Å². The van der Waals surface area contributed by atoms with Gasteiger partial charge in [0.1, 0.15) is 5.54 Å². The molecule has 1 heterocycles. The number of hydrogen-bond donors (Lipinski definition) is 2. The summed E-state index contributed by atoms with van der Waals surface area (Å²) in [5.41, 5.74) is -0.169. The van der Waals surface area contributed by atoms with Crippen LogP contribution in [0.5, 0.6) is 0 Å². The van der Waals surface area contributed by atoms with E-state index in [1.807, 2.05) is 36.6 Å². The van der Waals surface area contributed by atoms with E-state index in [2.05, 4.69) is 10.0 Å². The van der Waals surface area contributed by atoms with E-state index in [0.717, 1.165) is 21.9 Å². The molecule has 0 saturated heterocycles. The number of carbonyl (C=O) groups excluding carboxylic acids is 1. The molecule has 2 N–H and O–H groups in total. The number of sulfonamides is 1. The first kappa shape index (κ1) is 16.9. The van der Waals surface area contributed by atoms with Crippen molar-refractivity contribution in [2.75, 3.05) is 6.26 Å². The fourth-order valence-electron chi connectivity index (χ4n) is 2.30. The van der Waals surface area contributed by atoms with E-state index < -0.39 is 15.6 Å². The van der Waals surface area contributed by atoms with Crippen molar-refractivity contribution in [3.8, 4) is 0 Å².